The van der Waals surface area contributed by atoms with Crippen LogP contribution in [-0.4, -0.2) is 49.3 Å². The fraction of sp³-hybridized carbons (Fsp3) is 0.400. The maximum Gasteiger partial charge on any atom is 0.273 e. The van der Waals surface area contributed by atoms with Crippen LogP contribution in [0.5, 0.6) is 0 Å². The zero-order chi connectivity index (χ0) is 23.2. The van der Waals surface area contributed by atoms with E-state index in [1.165, 1.54) is 0 Å². The van der Waals surface area contributed by atoms with E-state index in [4.69, 9.17) is 5.73 Å². The molecule has 3 unspecified atom stereocenters. The van der Waals surface area contributed by atoms with E-state index in [-0.39, 0.29) is 29.5 Å². The van der Waals surface area contributed by atoms with Crippen LogP contribution in [0.25, 0.3) is 0 Å². The van der Waals surface area contributed by atoms with E-state index < -0.39 is 0 Å². The second-order valence-corrected chi connectivity index (χ2v) is 9.50. The summed E-state index contributed by atoms with van der Waals surface area (Å²) < 4.78 is 1.66. The molecule has 2 aliphatic heterocycles. The number of carbonyl (C=O) groups excluding carboxylic acids is 2. The number of nitrogen functional groups attached to an aromatic ring is 1. The molecule has 0 saturated carbocycles. The number of aryl methyl sites for hydroxylation is 1. The van der Waals surface area contributed by atoms with Crippen molar-refractivity contribution in [3.8, 4) is 0 Å². The van der Waals surface area contributed by atoms with Crippen molar-refractivity contribution >= 4 is 17.6 Å². The van der Waals surface area contributed by atoms with Crippen molar-refractivity contribution in [3.63, 3.8) is 0 Å². The molecule has 0 radical (unpaired) electrons. The lowest BCUT2D eigenvalue weighted by molar-refractivity contribution is -0.129. The van der Waals surface area contributed by atoms with Crippen LogP contribution in [0.2, 0.25) is 0 Å². The standard InChI is InChI=1S/C25H27N7O2/c26-23-10-7-18-20(27-23)8-9-21(18)28-24(33)22-14-31(30-29-22)13-15-3-5-16(6-4-15)19-12-17-2-1-11-32(17)25(19)34/h3-7,10,14,17,19,21H,1-2,8-9,11-13H2,(H2,26,27)(H,28,33). The monoisotopic (exact) mass is 457 g/mol. The van der Waals surface area contributed by atoms with Gasteiger partial charge in [-0.05, 0) is 54.9 Å². The van der Waals surface area contributed by atoms with Crippen molar-refractivity contribution in [1.82, 2.24) is 30.2 Å². The number of hydrogen-bond acceptors (Lipinski definition) is 6. The number of amides is 2. The van der Waals surface area contributed by atoms with E-state index in [9.17, 15) is 9.59 Å². The molecule has 4 heterocycles. The molecule has 3 atom stereocenters. The van der Waals surface area contributed by atoms with Crippen molar-refractivity contribution in [1.29, 1.82) is 0 Å². The molecule has 3 aliphatic rings. The first kappa shape index (κ1) is 20.8. The number of carbonyl (C=O) groups is 2. The number of nitrogens with two attached hydrogens (primary N) is 1. The highest BCUT2D eigenvalue weighted by atomic mass is 16.2. The van der Waals surface area contributed by atoms with Crippen molar-refractivity contribution in [3.05, 3.63) is 70.7 Å². The van der Waals surface area contributed by atoms with Gasteiger partial charge in [0.2, 0.25) is 5.91 Å². The Morgan fingerprint density at radius 3 is 2.82 bits per heavy atom. The van der Waals surface area contributed by atoms with Gasteiger partial charge in [-0.25, -0.2) is 9.67 Å². The summed E-state index contributed by atoms with van der Waals surface area (Å²) >= 11 is 0. The van der Waals surface area contributed by atoms with Crippen LogP contribution in [0, 0.1) is 0 Å². The van der Waals surface area contributed by atoms with Crippen molar-refractivity contribution in [2.45, 2.75) is 56.7 Å². The first-order valence-corrected chi connectivity index (χ1v) is 11.9. The molecule has 6 rings (SSSR count). The number of rotatable bonds is 5. The predicted octanol–water partition coefficient (Wildman–Crippen LogP) is 2.20. The van der Waals surface area contributed by atoms with Crippen LogP contribution in [0.3, 0.4) is 0 Å². The summed E-state index contributed by atoms with van der Waals surface area (Å²) in [5, 5.41) is 11.2. The summed E-state index contributed by atoms with van der Waals surface area (Å²) in [6.45, 7) is 1.41. The molecule has 3 aromatic rings. The average Bonchev–Trinajstić information content (AvgIpc) is 3.61. The maximum atomic E-state index is 12.7. The van der Waals surface area contributed by atoms with Crippen LogP contribution in [0.4, 0.5) is 5.82 Å². The lowest BCUT2D eigenvalue weighted by atomic mass is 9.94. The van der Waals surface area contributed by atoms with Gasteiger partial charge < -0.3 is 16.0 Å². The fourth-order valence-electron chi connectivity index (χ4n) is 5.61. The second-order valence-electron chi connectivity index (χ2n) is 9.50. The molecule has 2 amide bonds. The summed E-state index contributed by atoms with van der Waals surface area (Å²) in [4.78, 5) is 31.8. The molecular weight excluding hydrogens is 430 g/mol. The fourth-order valence-corrected chi connectivity index (χ4v) is 5.61. The molecular formula is C25H27N7O2. The molecule has 174 valence electrons. The van der Waals surface area contributed by atoms with E-state index in [1.54, 1.807) is 16.9 Å². The summed E-state index contributed by atoms with van der Waals surface area (Å²) in [5.41, 5.74) is 10.1. The maximum absolute atomic E-state index is 12.7. The minimum atomic E-state index is -0.253. The number of anilines is 1. The molecule has 34 heavy (non-hydrogen) atoms. The summed E-state index contributed by atoms with van der Waals surface area (Å²) in [6, 6.07) is 12.2. The van der Waals surface area contributed by atoms with Gasteiger partial charge in [0.25, 0.3) is 5.91 Å². The number of nitrogens with one attached hydrogen (secondary N) is 1. The molecule has 0 spiro atoms. The largest absolute Gasteiger partial charge is 0.384 e. The molecule has 1 aliphatic carbocycles. The van der Waals surface area contributed by atoms with Crippen molar-refractivity contribution in [2.24, 2.45) is 0 Å². The van der Waals surface area contributed by atoms with E-state index in [0.29, 0.717) is 18.4 Å². The van der Waals surface area contributed by atoms with Gasteiger partial charge in [-0.15, -0.1) is 5.10 Å². The van der Waals surface area contributed by atoms with Gasteiger partial charge in [0.1, 0.15) is 5.82 Å². The van der Waals surface area contributed by atoms with E-state index in [1.807, 2.05) is 30.3 Å². The number of benzene rings is 1. The number of hydrogen-bond donors (Lipinski definition) is 2. The summed E-state index contributed by atoms with van der Waals surface area (Å²) in [5.74, 6) is 0.494. The minimum Gasteiger partial charge on any atom is -0.384 e. The number of pyridine rings is 1. The highest BCUT2D eigenvalue weighted by Crippen LogP contribution is 2.38. The van der Waals surface area contributed by atoms with Gasteiger partial charge in [0.15, 0.2) is 5.69 Å². The summed E-state index contributed by atoms with van der Waals surface area (Å²) in [7, 11) is 0. The number of aromatic nitrogens is 4. The smallest absolute Gasteiger partial charge is 0.273 e. The topological polar surface area (TPSA) is 119 Å². The second kappa shape index (κ2) is 8.23. The van der Waals surface area contributed by atoms with Crippen LogP contribution >= 0.6 is 0 Å². The molecule has 9 heteroatoms. The zero-order valence-electron chi connectivity index (χ0n) is 18.9. The van der Waals surface area contributed by atoms with Gasteiger partial charge >= 0.3 is 0 Å². The predicted molar refractivity (Wildman–Crippen MR) is 125 cm³/mol. The number of nitrogens with zero attached hydrogens (tertiary/aromatic N) is 5. The van der Waals surface area contributed by atoms with Gasteiger partial charge in [-0.2, -0.15) is 0 Å². The zero-order valence-corrected chi connectivity index (χ0v) is 18.9. The van der Waals surface area contributed by atoms with Gasteiger partial charge in [-0.3, -0.25) is 9.59 Å². The molecule has 9 nitrogen and oxygen atoms in total. The van der Waals surface area contributed by atoms with Gasteiger partial charge in [0.05, 0.1) is 24.7 Å². The SMILES string of the molecule is Nc1ccc2c(n1)CCC2NC(=O)c1cn(Cc2ccc(C3CC4CCCN4C3=O)cc2)nn1. The Morgan fingerprint density at radius 1 is 1.15 bits per heavy atom. The Balaban J connectivity index is 1.09. The third-order valence-electron chi connectivity index (χ3n) is 7.35. The molecule has 0 bridgehead atoms. The third-order valence-corrected chi connectivity index (χ3v) is 7.35. The molecule has 2 aromatic heterocycles. The molecule has 2 fully saturated rings. The lowest BCUT2D eigenvalue weighted by Crippen LogP contribution is -2.28. The first-order valence-electron chi connectivity index (χ1n) is 11.9. The van der Waals surface area contributed by atoms with Crippen LogP contribution < -0.4 is 11.1 Å². The normalized spacial score (nSPS) is 23.2. The van der Waals surface area contributed by atoms with E-state index >= 15 is 0 Å². The minimum absolute atomic E-state index is 0.0200. The van der Waals surface area contributed by atoms with Crippen LogP contribution in [0.1, 0.15) is 70.5 Å². The first-order chi connectivity index (χ1) is 16.5. The van der Waals surface area contributed by atoms with E-state index in [2.05, 4.69) is 25.5 Å². The molecule has 3 N–H and O–H groups in total. The molecule has 1 aromatic carbocycles. The Labute approximate surface area is 197 Å². The number of fused-ring (bicyclic) bond motifs is 2. The highest BCUT2D eigenvalue weighted by Gasteiger charge is 2.42. The average molecular weight is 458 g/mol. The van der Waals surface area contributed by atoms with Gasteiger partial charge in [0, 0.05) is 18.3 Å². The Hall–Kier alpha value is -3.75. The quantitative estimate of drug-likeness (QED) is 0.606. The van der Waals surface area contributed by atoms with Crippen LogP contribution in [0.15, 0.2) is 42.6 Å². The molecule has 2 saturated heterocycles. The van der Waals surface area contributed by atoms with E-state index in [0.717, 1.165) is 61.0 Å². The van der Waals surface area contributed by atoms with Gasteiger partial charge in [-0.1, -0.05) is 35.5 Å². The van der Waals surface area contributed by atoms with Crippen molar-refractivity contribution in [2.75, 3.05) is 12.3 Å². The van der Waals surface area contributed by atoms with Crippen molar-refractivity contribution < 1.29 is 9.59 Å². The highest BCUT2D eigenvalue weighted by molar-refractivity contribution is 5.92. The Morgan fingerprint density at radius 2 is 2.00 bits per heavy atom. The van der Waals surface area contributed by atoms with Crippen LogP contribution in [-0.2, 0) is 17.8 Å². The Bertz CT molecular complexity index is 1250. The summed E-state index contributed by atoms with van der Waals surface area (Å²) in [6.07, 6.45) is 6.42. The third kappa shape index (κ3) is 3.70. The lowest BCUT2D eigenvalue weighted by Gasteiger charge is -2.14. The Kier molecular flexibility index (Phi) is 5.04.